The Bertz CT molecular complexity index is 2240. The van der Waals surface area contributed by atoms with Gasteiger partial charge in [-0.1, -0.05) is 109 Å². The van der Waals surface area contributed by atoms with Crippen molar-refractivity contribution in [3.05, 3.63) is 160 Å². The molecule has 8 heteroatoms. The van der Waals surface area contributed by atoms with Crippen LogP contribution in [0.15, 0.2) is 115 Å². The molecule has 0 aliphatic carbocycles. The summed E-state index contributed by atoms with van der Waals surface area (Å²) >= 11 is 1.65. The van der Waals surface area contributed by atoms with E-state index in [2.05, 4.69) is 72.7 Å². The summed E-state index contributed by atoms with van der Waals surface area (Å²) in [4.78, 5) is 16.9. The van der Waals surface area contributed by atoms with Crippen LogP contribution >= 0.6 is 11.9 Å². The van der Waals surface area contributed by atoms with Gasteiger partial charge in [0.1, 0.15) is 31.3 Å². The van der Waals surface area contributed by atoms with Crippen molar-refractivity contribution in [3.63, 3.8) is 0 Å². The highest BCUT2D eigenvalue weighted by molar-refractivity contribution is 7.99. The molecule has 6 aromatic rings. The van der Waals surface area contributed by atoms with Gasteiger partial charge in [-0.15, -0.1) is 0 Å². The zero-order valence-corrected chi connectivity index (χ0v) is 31.2. The van der Waals surface area contributed by atoms with Gasteiger partial charge in [0, 0.05) is 24.1 Å². The van der Waals surface area contributed by atoms with Crippen LogP contribution in [0.2, 0.25) is 0 Å². The van der Waals surface area contributed by atoms with Gasteiger partial charge in [0.25, 0.3) is 0 Å². The molecule has 1 aliphatic heterocycles. The van der Waals surface area contributed by atoms with E-state index in [1.165, 1.54) is 5.56 Å². The summed E-state index contributed by atoms with van der Waals surface area (Å²) < 4.78 is 21.5. The highest BCUT2D eigenvalue weighted by Gasteiger charge is 2.31. The maximum atomic E-state index is 12.2. The number of nitrogens with zero attached hydrogens (tertiary/aromatic N) is 2. The van der Waals surface area contributed by atoms with Gasteiger partial charge < -0.3 is 23.6 Å². The van der Waals surface area contributed by atoms with Gasteiger partial charge in [0.15, 0.2) is 11.5 Å². The number of aromatic nitrogens is 1. The average Bonchev–Trinajstić information content (AvgIpc) is 3.18. The number of hydrogen-bond donors (Lipinski definition) is 1. The van der Waals surface area contributed by atoms with E-state index in [9.17, 15) is 9.90 Å². The van der Waals surface area contributed by atoms with Crippen LogP contribution in [-0.4, -0.2) is 22.3 Å². The Labute approximate surface area is 315 Å². The molecule has 1 N–H and O–H groups in total. The maximum absolute atomic E-state index is 12.2. The molecule has 0 atom stereocenters. The molecule has 0 spiro atoms. The molecule has 268 valence electrons. The standard InChI is InChI=1S/C45H42N2O5S/c1-29-15-17-34(18-16-29)42-31(3)43-38-23-36(20-19-35(38)25-47(53-4)44(43)30(2)37(42)24-41(48)49)50-28-39-45(52-27-33-13-9-6-10-14-33)40(21-22-46-39)51-26-32-11-7-5-8-12-32/h5-23H,24-28H2,1-4H3,(H,48,49). The minimum absolute atomic E-state index is 0.0583. The molecule has 0 saturated heterocycles. The number of carbonyl (C=O) groups is 1. The second-order valence-electron chi connectivity index (χ2n) is 13.2. The smallest absolute Gasteiger partial charge is 0.307 e. The SMILES string of the molecule is CSN1Cc2ccc(OCc3nccc(OCc4ccccc4)c3OCc3ccccc3)cc2-c2c(C)c(-c3ccc(C)cc3)c(CC(=O)O)c(C)c21. The number of aliphatic carboxylic acids is 1. The van der Waals surface area contributed by atoms with Crippen molar-refractivity contribution in [3.8, 4) is 39.5 Å². The van der Waals surface area contributed by atoms with Gasteiger partial charge in [-0.05, 0) is 83.0 Å². The van der Waals surface area contributed by atoms with Crippen LogP contribution in [0, 0.1) is 20.8 Å². The molecule has 5 aromatic carbocycles. The lowest BCUT2D eigenvalue weighted by Gasteiger charge is -2.36. The number of rotatable bonds is 13. The summed E-state index contributed by atoms with van der Waals surface area (Å²) in [6, 6.07) is 36.5. The second kappa shape index (κ2) is 15.9. The fraction of sp³-hybridized carbons (Fsp3) is 0.200. The summed E-state index contributed by atoms with van der Waals surface area (Å²) in [5, 5.41) is 10.0. The van der Waals surface area contributed by atoms with Crippen LogP contribution < -0.4 is 18.5 Å². The van der Waals surface area contributed by atoms with Crippen molar-refractivity contribution in [1.29, 1.82) is 0 Å². The van der Waals surface area contributed by atoms with Gasteiger partial charge in [0.05, 0.1) is 18.7 Å². The first-order chi connectivity index (χ1) is 25.8. The van der Waals surface area contributed by atoms with Crippen LogP contribution in [0.25, 0.3) is 22.3 Å². The van der Waals surface area contributed by atoms with Crippen LogP contribution in [0.3, 0.4) is 0 Å². The number of pyridine rings is 1. The van der Waals surface area contributed by atoms with E-state index in [0.717, 1.165) is 61.3 Å². The molecule has 2 heterocycles. The number of benzene rings is 5. The van der Waals surface area contributed by atoms with E-state index in [1.807, 2.05) is 72.8 Å². The predicted octanol–water partition coefficient (Wildman–Crippen LogP) is 10.3. The first-order valence-corrected chi connectivity index (χ1v) is 18.8. The third-order valence-corrected chi connectivity index (χ3v) is 10.4. The Morgan fingerprint density at radius 2 is 1.45 bits per heavy atom. The molecule has 0 saturated carbocycles. The summed E-state index contributed by atoms with van der Waals surface area (Å²) in [6.07, 6.45) is 3.73. The lowest BCUT2D eigenvalue weighted by atomic mass is 9.81. The summed E-state index contributed by atoms with van der Waals surface area (Å²) in [5.74, 6) is 0.995. The van der Waals surface area contributed by atoms with E-state index < -0.39 is 5.97 Å². The zero-order valence-electron chi connectivity index (χ0n) is 30.4. The molecule has 0 amide bonds. The largest absolute Gasteiger partial charge is 0.487 e. The Balaban J connectivity index is 1.25. The van der Waals surface area contributed by atoms with Gasteiger partial charge >= 0.3 is 5.97 Å². The third kappa shape index (κ3) is 7.74. The van der Waals surface area contributed by atoms with Crippen LogP contribution in [-0.2, 0) is 37.6 Å². The van der Waals surface area contributed by atoms with Gasteiger partial charge in [-0.2, -0.15) is 0 Å². The summed E-state index contributed by atoms with van der Waals surface area (Å²) in [6.45, 7) is 7.82. The molecule has 7 rings (SSSR count). The number of ether oxygens (including phenoxy) is 3. The van der Waals surface area contributed by atoms with Crippen LogP contribution in [0.1, 0.15) is 44.6 Å². The quantitative estimate of drug-likeness (QED) is 0.118. The number of hydrogen-bond acceptors (Lipinski definition) is 7. The lowest BCUT2D eigenvalue weighted by Crippen LogP contribution is -2.22. The van der Waals surface area contributed by atoms with Gasteiger partial charge in [-0.25, -0.2) is 0 Å². The lowest BCUT2D eigenvalue weighted by molar-refractivity contribution is -0.136. The minimum atomic E-state index is -0.848. The normalized spacial score (nSPS) is 11.8. The fourth-order valence-electron chi connectivity index (χ4n) is 7.04. The Morgan fingerprint density at radius 3 is 2.11 bits per heavy atom. The molecular weight excluding hydrogens is 681 g/mol. The molecule has 53 heavy (non-hydrogen) atoms. The second-order valence-corrected chi connectivity index (χ2v) is 14.0. The maximum Gasteiger partial charge on any atom is 0.307 e. The number of carboxylic acid groups (broad SMARTS) is 1. The van der Waals surface area contributed by atoms with Crippen molar-refractivity contribution in [1.82, 2.24) is 4.98 Å². The first kappa shape index (κ1) is 35.7. The van der Waals surface area contributed by atoms with E-state index >= 15 is 0 Å². The Kier molecular flexibility index (Phi) is 10.7. The van der Waals surface area contributed by atoms with E-state index in [0.29, 0.717) is 42.7 Å². The van der Waals surface area contributed by atoms with E-state index in [-0.39, 0.29) is 13.0 Å². The molecule has 0 unspecified atom stereocenters. The van der Waals surface area contributed by atoms with Crippen molar-refractivity contribution in [2.45, 2.75) is 53.6 Å². The summed E-state index contributed by atoms with van der Waals surface area (Å²) in [7, 11) is 0. The first-order valence-electron chi connectivity index (χ1n) is 17.6. The third-order valence-electron chi connectivity index (χ3n) is 9.68. The van der Waals surface area contributed by atoms with Crippen molar-refractivity contribution < 1.29 is 24.1 Å². The van der Waals surface area contributed by atoms with Crippen molar-refractivity contribution in [2.75, 3.05) is 10.6 Å². The predicted molar refractivity (Wildman–Crippen MR) is 213 cm³/mol. The highest BCUT2D eigenvalue weighted by atomic mass is 32.2. The number of fused-ring (bicyclic) bond motifs is 3. The monoisotopic (exact) mass is 722 g/mol. The number of carboxylic acids is 1. The highest BCUT2D eigenvalue weighted by Crippen LogP contribution is 2.51. The molecular formula is C45H42N2O5S. The summed E-state index contributed by atoms with van der Waals surface area (Å²) in [5.41, 5.74) is 13.1. The molecule has 1 aromatic heterocycles. The van der Waals surface area contributed by atoms with E-state index in [1.54, 1.807) is 18.1 Å². The molecule has 0 radical (unpaired) electrons. The van der Waals surface area contributed by atoms with Crippen LogP contribution in [0.4, 0.5) is 5.69 Å². The molecule has 0 bridgehead atoms. The van der Waals surface area contributed by atoms with E-state index in [4.69, 9.17) is 14.2 Å². The molecule has 0 fully saturated rings. The minimum Gasteiger partial charge on any atom is -0.487 e. The van der Waals surface area contributed by atoms with Gasteiger partial charge in [0.2, 0.25) is 0 Å². The molecule has 1 aliphatic rings. The fourth-order valence-corrected chi connectivity index (χ4v) is 7.71. The Morgan fingerprint density at radius 1 is 0.774 bits per heavy atom. The average molecular weight is 723 g/mol. The van der Waals surface area contributed by atoms with Gasteiger partial charge in [-0.3, -0.25) is 9.78 Å². The topological polar surface area (TPSA) is 81.1 Å². The van der Waals surface area contributed by atoms with Crippen molar-refractivity contribution >= 4 is 23.6 Å². The number of anilines is 1. The molecule has 7 nitrogen and oxygen atoms in total. The van der Waals surface area contributed by atoms with Crippen molar-refractivity contribution in [2.24, 2.45) is 0 Å². The Hall–Kier alpha value is -5.73. The van der Waals surface area contributed by atoms with Crippen LogP contribution in [0.5, 0.6) is 17.2 Å². The number of aryl methyl sites for hydroxylation is 1. The zero-order chi connectivity index (χ0) is 36.9.